The highest BCUT2D eigenvalue weighted by atomic mass is 16.6. The molecule has 0 fully saturated rings. The predicted octanol–water partition coefficient (Wildman–Crippen LogP) is 3.51. The Hall–Kier alpha value is -2.04. The number of benzene rings is 1. The van der Waals surface area contributed by atoms with Crippen molar-refractivity contribution >= 4 is 6.08 Å². The van der Waals surface area contributed by atoms with Crippen molar-refractivity contribution in [3.05, 3.63) is 39.6 Å². The van der Waals surface area contributed by atoms with Crippen LogP contribution in [-0.4, -0.2) is 17.6 Å². The average molecular weight is 265 g/mol. The van der Waals surface area contributed by atoms with Crippen molar-refractivity contribution in [3.8, 4) is 11.5 Å². The van der Waals surface area contributed by atoms with Crippen LogP contribution in [-0.2, 0) is 0 Å². The summed E-state index contributed by atoms with van der Waals surface area (Å²) in [5.41, 5.74) is 0.800. The Labute approximate surface area is 113 Å². The lowest BCUT2D eigenvalue weighted by Gasteiger charge is -2.14. The van der Waals surface area contributed by atoms with E-state index in [1.165, 1.54) is 13.0 Å². The smallest absolute Gasteiger partial charge is 0.243 e. The van der Waals surface area contributed by atoms with Gasteiger partial charge in [0.2, 0.25) is 5.70 Å². The molecule has 5 nitrogen and oxygen atoms in total. The van der Waals surface area contributed by atoms with E-state index >= 15 is 0 Å². The highest BCUT2D eigenvalue weighted by Crippen LogP contribution is 2.30. The van der Waals surface area contributed by atoms with Gasteiger partial charge in [-0.3, -0.25) is 10.1 Å². The molecule has 1 aromatic rings. The molecule has 0 aliphatic carbocycles. The van der Waals surface area contributed by atoms with Gasteiger partial charge in [-0.05, 0) is 38.5 Å². The highest BCUT2D eigenvalue weighted by Gasteiger charge is 2.09. The molecule has 0 heterocycles. The van der Waals surface area contributed by atoms with Crippen molar-refractivity contribution in [2.24, 2.45) is 0 Å². The third-order valence-electron chi connectivity index (χ3n) is 2.29. The second-order valence-electron chi connectivity index (χ2n) is 4.35. The fourth-order valence-corrected chi connectivity index (χ4v) is 1.53. The quantitative estimate of drug-likeness (QED) is 0.583. The molecule has 1 aromatic carbocycles. The molecule has 0 radical (unpaired) electrons. The fraction of sp³-hybridized carbons (Fsp3) is 0.429. The van der Waals surface area contributed by atoms with E-state index < -0.39 is 4.92 Å². The van der Waals surface area contributed by atoms with Crippen LogP contribution in [0.3, 0.4) is 0 Å². The maximum absolute atomic E-state index is 10.6. The molecule has 1 rings (SSSR count). The van der Waals surface area contributed by atoms with Gasteiger partial charge in [0.15, 0.2) is 11.5 Å². The number of nitro groups is 1. The summed E-state index contributed by atoms with van der Waals surface area (Å²) < 4.78 is 11.1. The van der Waals surface area contributed by atoms with Crippen molar-refractivity contribution in [3.63, 3.8) is 0 Å². The zero-order chi connectivity index (χ0) is 14.4. The molecule has 0 N–H and O–H groups in total. The standard InChI is InChI=1S/C14H19NO4/c1-5-18-14-9-12(8-11(4)15(16)17)6-7-13(14)19-10(2)3/h6-10H,5H2,1-4H3/b11-8+. The van der Waals surface area contributed by atoms with E-state index in [9.17, 15) is 10.1 Å². The number of ether oxygens (including phenoxy) is 2. The Bertz CT molecular complexity index is 480. The first kappa shape index (κ1) is 15.0. The molecular weight excluding hydrogens is 246 g/mol. The van der Waals surface area contributed by atoms with Gasteiger partial charge in [0.1, 0.15) is 0 Å². The second-order valence-corrected chi connectivity index (χ2v) is 4.35. The van der Waals surface area contributed by atoms with Crippen LogP contribution in [0.2, 0.25) is 0 Å². The minimum atomic E-state index is -0.418. The summed E-state index contributed by atoms with van der Waals surface area (Å²) in [5, 5.41) is 10.6. The van der Waals surface area contributed by atoms with Crippen LogP contribution in [0.5, 0.6) is 11.5 Å². The minimum absolute atomic E-state index is 0.0427. The van der Waals surface area contributed by atoms with Gasteiger partial charge in [-0.2, -0.15) is 0 Å². The Morgan fingerprint density at radius 2 is 2.11 bits per heavy atom. The van der Waals surface area contributed by atoms with Crippen LogP contribution >= 0.6 is 0 Å². The van der Waals surface area contributed by atoms with Crippen LogP contribution in [0, 0.1) is 10.1 Å². The van der Waals surface area contributed by atoms with Gasteiger partial charge in [-0.25, -0.2) is 0 Å². The zero-order valence-corrected chi connectivity index (χ0v) is 11.7. The number of nitrogens with zero attached hydrogens (tertiary/aromatic N) is 1. The summed E-state index contributed by atoms with van der Waals surface area (Å²) in [6.45, 7) is 7.71. The molecule has 0 atom stereocenters. The van der Waals surface area contributed by atoms with E-state index in [1.54, 1.807) is 18.2 Å². The summed E-state index contributed by atoms with van der Waals surface area (Å²) in [5.74, 6) is 1.24. The summed E-state index contributed by atoms with van der Waals surface area (Å²) in [4.78, 5) is 10.2. The van der Waals surface area contributed by atoms with E-state index in [-0.39, 0.29) is 11.8 Å². The van der Waals surface area contributed by atoms with Gasteiger partial charge in [0.05, 0.1) is 17.6 Å². The van der Waals surface area contributed by atoms with Crippen LogP contribution < -0.4 is 9.47 Å². The highest BCUT2D eigenvalue weighted by molar-refractivity contribution is 5.56. The minimum Gasteiger partial charge on any atom is -0.490 e. The van der Waals surface area contributed by atoms with Gasteiger partial charge in [0.25, 0.3) is 0 Å². The molecule has 104 valence electrons. The third-order valence-corrected chi connectivity index (χ3v) is 2.29. The van der Waals surface area contributed by atoms with Crippen molar-refractivity contribution in [1.82, 2.24) is 0 Å². The number of hydrogen-bond acceptors (Lipinski definition) is 4. The largest absolute Gasteiger partial charge is 0.490 e. The molecule has 0 amide bonds. The van der Waals surface area contributed by atoms with Gasteiger partial charge < -0.3 is 9.47 Å². The molecule has 0 saturated carbocycles. The number of rotatable bonds is 6. The molecule has 5 heteroatoms. The van der Waals surface area contributed by atoms with Crippen molar-refractivity contribution < 1.29 is 14.4 Å². The summed E-state index contributed by atoms with van der Waals surface area (Å²) in [6, 6.07) is 5.28. The molecule has 0 spiro atoms. The lowest BCUT2D eigenvalue weighted by Crippen LogP contribution is -2.07. The normalized spacial score (nSPS) is 11.5. The molecule has 0 saturated heterocycles. The van der Waals surface area contributed by atoms with E-state index in [1.807, 2.05) is 20.8 Å². The molecule has 0 unspecified atom stereocenters. The topological polar surface area (TPSA) is 61.6 Å². The Morgan fingerprint density at radius 3 is 2.63 bits per heavy atom. The van der Waals surface area contributed by atoms with Crippen molar-refractivity contribution in [2.45, 2.75) is 33.8 Å². The van der Waals surface area contributed by atoms with Gasteiger partial charge in [-0.15, -0.1) is 0 Å². The fourth-order valence-electron chi connectivity index (χ4n) is 1.53. The summed E-state index contributed by atoms with van der Waals surface area (Å²) >= 11 is 0. The Kier molecular flexibility index (Phi) is 5.36. The van der Waals surface area contributed by atoms with E-state index in [0.717, 1.165) is 0 Å². The third kappa shape index (κ3) is 4.62. The first-order valence-corrected chi connectivity index (χ1v) is 6.20. The predicted molar refractivity (Wildman–Crippen MR) is 74.0 cm³/mol. The first-order valence-electron chi connectivity index (χ1n) is 6.20. The number of allylic oxidation sites excluding steroid dienone is 1. The van der Waals surface area contributed by atoms with E-state index in [4.69, 9.17) is 9.47 Å². The van der Waals surface area contributed by atoms with Crippen molar-refractivity contribution in [2.75, 3.05) is 6.61 Å². The van der Waals surface area contributed by atoms with Crippen LogP contribution in [0.15, 0.2) is 23.9 Å². The molecule has 0 aromatic heterocycles. The molecule has 0 aliphatic rings. The van der Waals surface area contributed by atoms with Crippen molar-refractivity contribution in [1.29, 1.82) is 0 Å². The molecular formula is C14H19NO4. The lowest BCUT2D eigenvalue weighted by atomic mass is 10.1. The lowest BCUT2D eigenvalue weighted by molar-refractivity contribution is -0.422. The molecule has 0 aliphatic heterocycles. The van der Waals surface area contributed by atoms with Crippen LogP contribution in [0.25, 0.3) is 6.08 Å². The first-order chi connectivity index (χ1) is 8.93. The van der Waals surface area contributed by atoms with Gasteiger partial charge in [0, 0.05) is 13.0 Å². The summed E-state index contributed by atoms with van der Waals surface area (Å²) in [6.07, 6.45) is 1.54. The molecule has 19 heavy (non-hydrogen) atoms. The SMILES string of the molecule is CCOc1cc(/C=C(\C)[N+](=O)[O-])ccc1OC(C)C. The Balaban J connectivity index is 3.08. The van der Waals surface area contributed by atoms with E-state index in [2.05, 4.69) is 0 Å². The number of hydrogen-bond donors (Lipinski definition) is 0. The Morgan fingerprint density at radius 1 is 1.42 bits per heavy atom. The second kappa shape index (κ2) is 6.78. The maximum atomic E-state index is 10.6. The maximum Gasteiger partial charge on any atom is 0.243 e. The van der Waals surface area contributed by atoms with Gasteiger partial charge >= 0.3 is 0 Å². The van der Waals surface area contributed by atoms with Gasteiger partial charge in [-0.1, -0.05) is 6.07 Å². The van der Waals surface area contributed by atoms with Crippen LogP contribution in [0.4, 0.5) is 0 Å². The molecule has 0 bridgehead atoms. The van der Waals surface area contributed by atoms with E-state index in [0.29, 0.717) is 23.7 Å². The zero-order valence-electron chi connectivity index (χ0n) is 11.7. The average Bonchev–Trinajstić information content (AvgIpc) is 2.32. The summed E-state index contributed by atoms with van der Waals surface area (Å²) in [7, 11) is 0. The van der Waals surface area contributed by atoms with Crippen LogP contribution in [0.1, 0.15) is 33.3 Å². The monoisotopic (exact) mass is 265 g/mol.